The first-order valence-electron chi connectivity index (χ1n) is 9.03. The Morgan fingerprint density at radius 1 is 1.39 bits per heavy atom. The number of hydrogen-bond donors (Lipinski definition) is 2. The molecule has 2 N–H and O–H groups in total. The van der Waals surface area contributed by atoms with Crippen LogP contribution in [-0.4, -0.2) is 33.4 Å². The Morgan fingerprint density at radius 2 is 2.13 bits per heavy atom. The topological polar surface area (TPSA) is 67.2 Å². The van der Waals surface area contributed by atoms with E-state index in [9.17, 15) is 9.90 Å². The SMILES string of the molecule is CCc1c(C(=O)NC2CCCCCC2CO)cnn1CC(C)C. The number of aliphatic hydroxyl groups excluding tert-OH is 1. The summed E-state index contributed by atoms with van der Waals surface area (Å²) in [6, 6.07) is 0.0770. The summed E-state index contributed by atoms with van der Waals surface area (Å²) in [5, 5.41) is 17.2. The molecule has 1 aliphatic carbocycles. The fourth-order valence-electron chi connectivity index (χ4n) is 3.52. The van der Waals surface area contributed by atoms with E-state index < -0.39 is 0 Å². The first-order chi connectivity index (χ1) is 11.1. The van der Waals surface area contributed by atoms with Crippen molar-refractivity contribution in [1.29, 1.82) is 0 Å². The van der Waals surface area contributed by atoms with E-state index in [4.69, 9.17) is 0 Å². The molecule has 130 valence electrons. The van der Waals surface area contributed by atoms with E-state index in [1.807, 2.05) is 4.68 Å². The third-order valence-electron chi connectivity index (χ3n) is 4.78. The zero-order chi connectivity index (χ0) is 16.8. The van der Waals surface area contributed by atoms with Gasteiger partial charge in [0.15, 0.2) is 0 Å². The summed E-state index contributed by atoms with van der Waals surface area (Å²) in [5.41, 5.74) is 1.69. The first-order valence-corrected chi connectivity index (χ1v) is 9.03. The smallest absolute Gasteiger partial charge is 0.254 e. The van der Waals surface area contributed by atoms with Crippen LogP contribution in [-0.2, 0) is 13.0 Å². The van der Waals surface area contributed by atoms with Gasteiger partial charge in [-0.2, -0.15) is 5.10 Å². The summed E-state index contributed by atoms with van der Waals surface area (Å²) < 4.78 is 1.95. The number of rotatable bonds is 6. The predicted octanol–water partition coefficient (Wildman–Crippen LogP) is 2.77. The molecule has 0 saturated heterocycles. The van der Waals surface area contributed by atoms with Crippen molar-refractivity contribution in [2.45, 2.75) is 71.9 Å². The molecule has 1 aliphatic rings. The van der Waals surface area contributed by atoms with Crippen LogP contribution in [0.15, 0.2) is 6.20 Å². The van der Waals surface area contributed by atoms with Gasteiger partial charge in [0.05, 0.1) is 17.5 Å². The molecule has 0 bridgehead atoms. The highest BCUT2D eigenvalue weighted by molar-refractivity contribution is 5.95. The molecule has 5 heteroatoms. The summed E-state index contributed by atoms with van der Waals surface area (Å²) in [6.07, 6.45) is 7.90. The number of carbonyl (C=O) groups is 1. The van der Waals surface area contributed by atoms with E-state index in [0.717, 1.165) is 44.3 Å². The zero-order valence-corrected chi connectivity index (χ0v) is 14.7. The minimum atomic E-state index is -0.0396. The minimum absolute atomic E-state index is 0.0396. The molecule has 1 fully saturated rings. The van der Waals surface area contributed by atoms with Crippen LogP contribution in [0.25, 0.3) is 0 Å². The van der Waals surface area contributed by atoms with E-state index in [0.29, 0.717) is 11.5 Å². The number of nitrogens with zero attached hydrogens (tertiary/aromatic N) is 2. The Morgan fingerprint density at radius 3 is 2.78 bits per heavy atom. The molecule has 1 aromatic rings. The number of aliphatic hydroxyl groups is 1. The second-order valence-corrected chi connectivity index (χ2v) is 7.10. The van der Waals surface area contributed by atoms with Gasteiger partial charge in [0.25, 0.3) is 5.91 Å². The van der Waals surface area contributed by atoms with Crippen molar-refractivity contribution in [3.63, 3.8) is 0 Å². The maximum Gasteiger partial charge on any atom is 0.254 e. The van der Waals surface area contributed by atoms with Gasteiger partial charge in [-0.1, -0.05) is 40.0 Å². The van der Waals surface area contributed by atoms with Crippen LogP contribution in [0, 0.1) is 11.8 Å². The monoisotopic (exact) mass is 321 g/mol. The first kappa shape index (κ1) is 18.0. The van der Waals surface area contributed by atoms with Crippen LogP contribution in [0.4, 0.5) is 0 Å². The van der Waals surface area contributed by atoms with Crippen molar-refractivity contribution in [1.82, 2.24) is 15.1 Å². The van der Waals surface area contributed by atoms with Crippen molar-refractivity contribution in [3.8, 4) is 0 Å². The van der Waals surface area contributed by atoms with E-state index in [1.165, 1.54) is 6.42 Å². The highest BCUT2D eigenvalue weighted by Crippen LogP contribution is 2.24. The maximum absolute atomic E-state index is 12.7. The van der Waals surface area contributed by atoms with Crippen LogP contribution in [0.1, 0.15) is 68.9 Å². The summed E-state index contributed by atoms with van der Waals surface area (Å²) in [7, 11) is 0. The number of nitrogens with one attached hydrogen (secondary N) is 1. The van der Waals surface area contributed by atoms with Crippen molar-refractivity contribution < 1.29 is 9.90 Å². The fourth-order valence-corrected chi connectivity index (χ4v) is 3.52. The minimum Gasteiger partial charge on any atom is -0.396 e. The van der Waals surface area contributed by atoms with Gasteiger partial charge in [-0.05, 0) is 25.2 Å². The Kier molecular flexibility index (Phi) is 6.63. The highest BCUT2D eigenvalue weighted by Gasteiger charge is 2.26. The quantitative estimate of drug-likeness (QED) is 0.792. The van der Waals surface area contributed by atoms with Crippen LogP contribution in [0.2, 0.25) is 0 Å². The molecule has 23 heavy (non-hydrogen) atoms. The van der Waals surface area contributed by atoms with Gasteiger partial charge in [-0.3, -0.25) is 9.48 Å². The van der Waals surface area contributed by atoms with Crippen molar-refractivity contribution in [2.75, 3.05) is 6.61 Å². The van der Waals surface area contributed by atoms with Gasteiger partial charge in [-0.25, -0.2) is 0 Å². The Bertz CT molecular complexity index is 510. The van der Waals surface area contributed by atoms with Gasteiger partial charge in [0, 0.05) is 25.1 Å². The van der Waals surface area contributed by atoms with Crippen LogP contribution in [0.5, 0.6) is 0 Å². The molecule has 0 spiro atoms. The Hall–Kier alpha value is -1.36. The highest BCUT2D eigenvalue weighted by atomic mass is 16.3. The lowest BCUT2D eigenvalue weighted by molar-refractivity contribution is 0.0898. The fraction of sp³-hybridized carbons (Fsp3) is 0.778. The number of carbonyl (C=O) groups excluding carboxylic acids is 1. The second kappa shape index (κ2) is 8.48. The molecule has 1 aromatic heterocycles. The van der Waals surface area contributed by atoms with Crippen LogP contribution >= 0.6 is 0 Å². The van der Waals surface area contributed by atoms with E-state index in [1.54, 1.807) is 6.20 Å². The lowest BCUT2D eigenvalue weighted by atomic mass is 9.95. The molecule has 0 aliphatic heterocycles. The number of aromatic nitrogens is 2. The summed E-state index contributed by atoms with van der Waals surface area (Å²) >= 11 is 0. The molecule has 1 saturated carbocycles. The van der Waals surface area contributed by atoms with Gasteiger partial charge >= 0.3 is 0 Å². The summed E-state index contributed by atoms with van der Waals surface area (Å²) in [6.45, 7) is 7.35. The molecule has 2 rings (SSSR count). The molecule has 0 radical (unpaired) electrons. The Labute approximate surface area is 139 Å². The molecular formula is C18H31N3O2. The average Bonchev–Trinajstić information content (AvgIpc) is 2.77. The average molecular weight is 321 g/mol. The molecule has 1 amide bonds. The molecular weight excluding hydrogens is 290 g/mol. The summed E-state index contributed by atoms with van der Waals surface area (Å²) in [5.74, 6) is 0.635. The van der Waals surface area contributed by atoms with Crippen molar-refractivity contribution in [3.05, 3.63) is 17.5 Å². The molecule has 2 unspecified atom stereocenters. The number of hydrogen-bond acceptors (Lipinski definition) is 3. The third kappa shape index (κ3) is 4.56. The van der Waals surface area contributed by atoms with Crippen molar-refractivity contribution >= 4 is 5.91 Å². The molecule has 5 nitrogen and oxygen atoms in total. The maximum atomic E-state index is 12.7. The summed E-state index contributed by atoms with van der Waals surface area (Å²) in [4.78, 5) is 12.7. The third-order valence-corrected chi connectivity index (χ3v) is 4.78. The Balaban J connectivity index is 2.11. The standard InChI is InChI=1S/C18H31N3O2/c1-4-17-15(10-19-21(17)11-13(2)3)18(23)20-16-9-7-5-6-8-14(16)12-22/h10,13-14,16,22H,4-9,11-12H2,1-3H3,(H,20,23). The number of amides is 1. The van der Waals surface area contributed by atoms with Gasteiger partial charge in [-0.15, -0.1) is 0 Å². The second-order valence-electron chi connectivity index (χ2n) is 7.10. The predicted molar refractivity (Wildman–Crippen MR) is 91.4 cm³/mol. The van der Waals surface area contributed by atoms with E-state index >= 15 is 0 Å². The van der Waals surface area contributed by atoms with E-state index in [2.05, 4.69) is 31.2 Å². The van der Waals surface area contributed by atoms with Gasteiger partial charge < -0.3 is 10.4 Å². The van der Waals surface area contributed by atoms with Crippen LogP contribution < -0.4 is 5.32 Å². The lowest BCUT2D eigenvalue weighted by Crippen LogP contribution is -2.41. The van der Waals surface area contributed by atoms with E-state index in [-0.39, 0.29) is 24.5 Å². The molecule has 1 heterocycles. The van der Waals surface area contributed by atoms with Crippen molar-refractivity contribution in [2.24, 2.45) is 11.8 Å². The molecule has 2 atom stereocenters. The van der Waals surface area contributed by atoms with Gasteiger partial charge in [0.1, 0.15) is 0 Å². The molecule has 0 aromatic carbocycles. The lowest BCUT2D eigenvalue weighted by Gasteiger charge is -2.24. The van der Waals surface area contributed by atoms with Crippen LogP contribution in [0.3, 0.4) is 0 Å². The largest absolute Gasteiger partial charge is 0.396 e. The normalized spacial score (nSPS) is 22.1. The van der Waals surface area contributed by atoms with Gasteiger partial charge in [0.2, 0.25) is 0 Å². The zero-order valence-electron chi connectivity index (χ0n) is 14.7.